The number of anilines is 1. The van der Waals surface area contributed by atoms with Gasteiger partial charge in [-0.2, -0.15) is 0 Å². The number of carbonyl (C=O) groups is 1. The molecule has 0 saturated heterocycles. The van der Waals surface area contributed by atoms with Crippen LogP contribution in [-0.4, -0.2) is 16.0 Å². The van der Waals surface area contributed by atoms with Gasteiger partial charge in [-0.3, -0.25) is 10.1 Å². The van der Waals surface area contributed by atoms with Gasteiger partial charge in [0.05, 0.1) is 0 Å². The van der Waals surface area contributed by atoms with Crippen molar-refractivity contribution < 1.29 is 9.21 Å². The number of thiocarbonyl (C=S) groups is 1. The third-order valence-corrected chi connectivity index (χ3v) is 5.72. The molecule has 0 fully saturated rings. The van der Waals surface area contributed by atoms with Crippen molar-refractivity contribution in [2.24, 2.45) is 0 Å². The zero-order valence-corrected chi connectivity index (χ0v) is 18.8. The number of nitrogens with zero attached hydrogens (tertiary/aromatic N) is 1. The largest absolute Gasteiger partial charge is 0.436 e. The zero-order chi connectivity index (χ0) is 22.8. The quantitative estimate of drug-likeness (QED) is 0.312. The summed E-state index contributed by atoms with van der Waals surface area (Å²) in [5.74, 6) is 0.315. The van der Waals surface area contributed by atoms with Crippen molar-refractivity contribution in [2.75, 3.05) is 5.32 Å². The summed E-state index contributed by atoms with van der Waals surface area (Å²) in [5.41, 5.74) is 5.04. The predicted octanol–water partition coefficient (Wildman–Crippen LogP) is 6.34. The number of fused-ring (bicyclic) bond motifs is 2. The first-order valence-corrected chi connectivity index (χ1v) is 11.1. The van der Waals surface area contributed by atoms with Crippen LogP contribution in [0, 0.1) is 0 Å². The number of oxazole rings is 1. The number of aromatic nitrogens is 1. The Labute approximate surface area is 196 Å². The Morgan fingerprint density at radius 1 is 0.970 bits per heavy atom. The molecule has 0 unspecified atom stereocenters. The van der Waals surface area contributed by atoms with Gasteiger partial charge in [0.2, 0.25) is 5.89 Å². The van der Waals surface area contributed by atoms with Gasteiger partial charge >= 0.3 is 0 Å². The Morgan fingerprint density at radius 2 is 1.76 bits per heavy atom. The van der Waals surface area contributed by atoms with Gasteiger partial charge in [0.25, 0.3) is 5.91 Å². The fourth-order valence-electron chi connectivity index (χ4n) is 3.77. The Balaban J connectivity index is 1.28. The van der Waals surface area contributed by atoms with Crippen LogP contribution >= 0.6 is 12.2 Å². The molecular weight excluding hydrogens is 430 g/mol. The zero-order valence-electron chi connectivity index (χ0n) is 18.0. The first-order chi connectivity index (χ1) is 16.1. The number of nitrogens with one attached hydrogen (secondary N) is 2. The predicted molar refractivity (Wildman–Crippen MR) is 136 cm³/mol. The molecule has 0 spiro atoms. The van der Waals surface area contributed by atoms with Crippen LogP contribution in [0.4, 0.5) is 5.69 Å². The molecule has 0 aliphatic carbocycles. The van der Waals surface area contributed by atoms with E-state index in [0.29, 0.717) is 11.5 Å². The molecule has 162 valence electrons. The summed E-state index contributed by atoms with van der Waals surface area (Å²) in [5, 5.41) is 7.94. The highest BCUT2D eigenvalue weighted by molar-refractivity contribution is 7.80. The minimum atomic E-state index is -0.251. The lowest BCUT2D eigenvalue weighted by molar-refractivity contribution is 0.0979. The van der Waals surface area contributed by atoms with Gasteiger partial charge < -0.3 is 9.73 Å². The Bertz CT molecular complexity index is 1480. The summed E-state index contributed by atoms with van der Waals surface area (Å²) in [6.07, 6.45) is 0.954. The van der Waals surface area contributed by atoms with Gasteiger partial charge in [0.15, 0.2) is 10.7 Å². The molecule has 4 aromatic carbocycles. The molecule has 0 saturated carbocycles. The number of rotatable bonds is 4. The first-order valence-electron chi connectivity index (χ1n) is 10.7. The molecule has 0 aliphatic heterocycles. The van der Waals surface area contributed by atoms with E-state index in [4.69, 9.17) is 16.6 Å². The van der Waals surface area contributed by atoms with E-state index in [1.807, 2.05) is 66.7 Å². The van der Waals surface area contributed by atoms with Crippen LogP contribution in [0.1, 0.15) is 22.8 Å². The molecule has 0 radical (unpaired) electrons. The third-order valence-electron chi connectivity index (χ3n) is 5.51. The molecule has 0 atom stereocenters. The van der Waals surface area contributed by atoms with E-state index >= 15 is 0 Å². The molecule has 5 aromatic rings. The molecule has 1 heterocycles. The van der Waals surface area contributed by atoms with E-state index in [1.165, 1.54) is 5.56 Å². The Hall–Kier alpha value is -4.03. The molecule has 1 amide bonds. The fraction of sp³-hybridized carbons (Fsp3) is 0.0741. The lowest BCUT2D eigenvalue weighted by Gasteiger charge is -2.11. The van der Waals surface area contributed by atoms with Crippen molar-refractivity contribution in [1.82, 2.24) is 10.3 Å². The summed E-state index contributed by atoms with van der Waals surface area (Å²) >= 11 is 5.35. The van der Waals surface area contributed by atoms with Crippen LogP contribution in [0.2, 0.25) is 0 Å². The second-order valence-corrected chi connectivity index (χ2v) is 8.10. The molecule has 1 aromatic heterocycles. The standard InChI is InChI=1S/C27H21N3O2S/c1-2-17-10-15-24-23(16-17)29-26(32-24)19-11-13-20(14-12-19)28-27(33)30-25(31)22-9-5-7-18-6-3-4-8-21(18)22/h3-16H,2H2,1H3,(H2,28,30,31,33). The van der Waals surface area contributed by atoms with Gasteiger partial charge in [-0.15, -0.1) is 0 Å². The molecule has 5 nitrogen and oxygen atoms in total. The summed E-state index contributed by atoms with van der Waals surface area (Å²) < 4.78 is 5.90. The van der Waals surface area contributed by atoms with Crippen LogP contribution in [0.25, 0.3) is 33.3 Å². The Morgan fingerprint density at radius 3 is 2.58 bits per heavy atom. The van der Waals surface area contributed by atoms with Gasteiger partial charge in [-0.1, -0.05) is 49.4 Å². The van der Waals surface area contributed by atoms with E-state index in [0.717, 1.165) is 39.5 Å². The maximum absolute atomic E-state index is 12.8. The maximum Gasteiger partial charge on any atom is 0.258 e. The molecule has 5 rings (SSSR count). The third kappa shape index (κ3) is 4.33. The van der Waals surface area contributed by atoms with Crippen molar-refractivity contribution in [3.8, 4) is 11.5 Å². The minimum absolute atomic E-state index is 0.231. The number of hydrogen-bond acceptors (Lipinski definition) is 4. The van der Waals surface area contributed by atoms with E-state index in [2.05, 4.69) is 34.7 Å². The van der Waals surface area contributed by atoms with Crippen molar-refractivity contribution >= 4 is 50.8 Å². The lowest BCUT2D eigenvalue weighted by atomic mass is 10.0. The number of aryl methyl sites for hydroxylation is 1. The van der Waals surface area contributed by atoms with E-state index < -0.39 is 0 Å². The van der Waals surface area contributed by atoms with Gasteiger partial charge in [0, 0.05) is 16.8 Å². The SMILES string of the molecule is CCc1ccc2oc(-c3ccc(NC(=S)NC(=O)c4cccc5ccccc45)cc3)nc2c1. The average molecular weight is 452 g/mol. The molecule has 0 bridgehead atoms. The number of carbonyl (C=O) groups excluding carboxylic acids is 1. The van der Waals surface area contributed by atoms with Gasteiger partial charge in [-0.25, -0.2) is 4.98 Å². The summed E-state index contributed by atoms with van der Waals surface area (Å²) in [7, 11) is 0. The van der Waals surface area contributed by atoms with E-state index in [9.17, 15) is 4.79 Å². The normalized spacial score (nSPS) is 10.9. The highest BCUT2D eigenvalue weighted by Crippen LogP contribution is 2.26. The van der Waals surface area contributed by atoms with Gasteiger partial charge in [0.1, 0.15) is 5.52 Å². The number of benzene rings is 4. The van der Waals surface area contributed by atoms with Crippen molar-refractivity contribution in [3.05, 3.63) is 96.1 Å². The maximum atomic E-state index is 12.8. The molecule has 6 heteroatoms. The van der Waals surface area contributed by atoms with E-state index in [1.54, 1.807) is 6.07 Å². The van der Waals surface area contributed by atoms with Crippen molar-refractivity contribution in [2.45, 2.75) is 13.3 Å². The Kier molecular flexibility index (Phi) is 5.59. The topological polar surface area (TPSA) is 67.2 Å². The summed E-state index contributed by atoms with van der Waals surface area (Å²) in [4.78, 5) is 17.4. The van der Waals surface area contributed by atoms with Crippen LogP contribution in [0.3, 0.4) is 0 Å². The summed E-state index contributed by atoms with van der Waals surface area (Å²) in [6, 6.07) is 27.0. The van der Waals surface area contributed by atoms with Crippen LogP contribution < -0.4 is 10.6 Å². The molecule has 2 N–H and O–H groups in total. The average Bonchev–Trinajstić information content (AvgIpc) is 3.27. The highest BCUT2D eigenvalue weighted by atomic mass is 32.1. The van der Waals surface area contributed by atoms with Crippen LogP contribution in [0.5, 0.6) is 0 Å². The fourth-order valence-corrected chi connectivity index (χ4v) is 3.98. The van der Waals surface area contributed by atoms with Crippen molar-refractivity contribution in [1.29, 1.82) is 0 Å². The smallest absolute Gasteiger partial charge is 0.258 e. The van der Waals surface area contributed by atoms with E-state index in [-0.39, 0.29) is 11.0 Å². The number of amides is 1. The molecule has 0 aliphatic rings. The van der Waals surface area contributed by atoms with Crippen molar-refractivity contribution in [3.63, 3.8) is 0 Å². The molecular formula is C27H21N3O2S. The van der Waals surface area contributed by atoms with Crippen LogP contribution in [0.15, 0.2) is 89.3 Å². The minimum Gasteiger partial charge on any atom is -0.436 e. The van der Waals surface area contributed by atoms with Crippen LogP contribution in [-0.2, 0) is 6.42 Å². The highest BCUT2D eigenvalue weighted by Gasteiger charge is 2.12. The summed E-state index contributed by atoms with van der Waals surface area (Å²) in [6.45, 7) is 2.11. The second-order valence-electron chi connectivity index (χ2n) is 7.69. The number of hydrogen-bond donors (Lipinski definition) is 2. The first kappa shape index (κ1) is 20.8. The second kappa shape index (κ2) is 8.84. The van der Waals surface area contributed by atoms with Gasteiger partial charge in [-0.05, 0) is 77.4 Å². The monoisotopic (exact) mass is 451 g/mol. The molecule has 33 heavy (non-hydrogen) atoms. The lowest BCUT2D eigenvalue weighted by Crippen LogP contribution is -2.34.